The monoisotopic (exact) mass is 659 g/mol. The molecule has 0 spiro atoms. The van der Waals surface area contributed by atoms with Crippen molar-refractivity contribution >= 4 is 56.5 Å². The summed E-state index contributed by atoms with van der Waals surface area (Å²) in [6.07, 6.45) is 0. The number of para-hydroxylation sites is 2. The Hall–Kier alpha value is -6.64. The van der Waals surface area contributed by atoms with Gasteiger partial charge in [0.05, 0.1) is 22.1 Å². The molecular formula is C42H25N7S. The Morgan fingerprint density at radius 2 is 0.960 bits per heavy atom. The van der Waals surface area contributed by atoms with E-state index in [1.54, 1.807) is 0 Å². The molecular weight excluding hydrogens is 635 g/mol. The first kappa shape index (κ1) is 28.4. The molecule has 6 aromatic carbocycles. The summed E-state index contributed by atoms with van der Waals surface area (Å²) in [4.78, 5) is 25.0. The highest BCUT2D eigenvalue weighted by Gasteiger charge is 2.18. The molecule has 0 atom stereocenters. The van der Waals surface area contributed by atoms with E-state index < -0.39 is 0 Å². The van der Waals surface area contributed by atoms with Gasteiger partial charge in [-0.2, -0.15) is 0 Å². The molecule has 0 N–H and O–H groups in total. The van der Waals surface area contributed by atoms with Gasteiger partial charge in [0.15, 0.2) is 23.1 Å². The van der Waals surface area contributed by atoms with E-state index in [1.165, 1.54) is 0 Å². The van der Waals surface area contributed by atoms with Gasteiger partial charge in [-0.3, -0.25) is 8.80 Å². The van der Waals surface area contributed by atoms with Crippen molar-refractivity contribution < 1.29 is 0 Å². The first-order valence-corrected chi connectivity index (χ1v) is 16.7. The van der Waals surface area contributed by atoms with Crippen molar-refractivity contribution in [2.24, 2.45) is 0 Å². The van der Waals surface area contributed by atoms with Crippen LogP contribution in [0.5, 0.6) is 0 Å². The maximum absolute atomic E-state index is 6.09. The summed E-state index contributed by atoms with van der Waals surface area (Å²) >= 11 is 6.09. The second kappa shape index (κ2) is 11.2. The number of rotatable bonds is 4. The maximum Gasteiger partial charge on any atom is 0.222 e. The number of benzene rings is 6. The van der Waals surface area contributed by atoms with Crippen LogP contribution >= 0.6 is 12.2 Å². The lowest BCUT2D eigenvalue weighted by Crippen LogP contribution is -2.03. The number of fused-ring (bicyclic) bond motifs is 9. The fourth-order valence-corrected chi connectivity index (χ4v) is 7.10. The van der Waals surface area contributed by atoms with Crippen molar-refractivity contribution in [3.63, 3.8) is 0 Å². The van der Waals surface area contributed by atoms with Crippen LogP contribution in [0, 0.1) is 4.64 Å². The van der Waals surface area contributed by atoms with Crippen LogP contribution in [0.1, 0.15) is 0 Å². The highest BCUT2D eigenvalue weighted by atomic mass is 32.1. The lowest BCUT2D eigenvalue weighted by atomic mass is 10.0. The molecule has 50 heavy (non-hydrogen) atoms. The molecule has 4 heterocycles. The van der Waals surface area contributed by atoms with Gasteiger partial charge in [-0.25, -0.2) is 24.9 Å². The minimum atomic E-state index is 0.613. The second-order valence-corrected chi connectivity index (χ2v) is 12.6. The zero-order valence-electron chi connectivity index (χ0n) is 26.5. The van der Waals surface area contributed by atoms with Crippen LogP contribution in [0.25, 0.3) is 89.6 Å². The molecule has 4 aromatic heterocycles. The Morgan fingerprint density at radius 1 is 0.380 bits per heavy atom. The summed E-state index contributed by atoms with van der Waals surface area (Å²) in [5, 5.41) is 1.92. The normalized spacial score (nSPS) is 11.7. The lowest BCUT2D eigenvalue weighted by molar-refractivity contribution is 1.07. The molecule has 0 amide bonds. The zero-order valence-corrected chi connectivity index (χ0v) is 27.3. The quantitative estimate of drug-likeness (QED) is 0.106. The molecule has 0 radical (unpaired) electrons. The average molecular weight is 660 g/mol. The summed E-state index contributed by atoms with van der Waals surface area (Å²) in [7, 11) is 0. The van der Waals surface area contributed by atoms with E-state index in [9.17, 15) is 0 Å². The van der Waals surface area contributed by atoms with Crippen LogP contribution in [-0.2, 0) is 0 Å². The van der Waals surface area contributed by atoms with Crippen molar-refractivity contribution in [1.82, 2.24) is 33.7 Å². The summed E-state index contributed by atoms with van der Waals surface area (Å²) in [6, 6.07) is 51.1. The number of aromatic nitrogens is 7. The van der Waals surface area contributed by atoms with Crippen LogP contribution in [0.4, 0.5) is 0 Å². The van der Waals surface area contributed by atoms with Crippen LogP contribution < -0.4 is 0 Å². The first-order chi connectivity index (χ1) is 24.7. The molecule has 0 fully saturated rings. The van der Waals surface area contributed by atoms with E-state index in [0.29, 0.717) is 22.1 Å². The predicted molar refractivity (Wildman–Crippen MR) is 202 cm³/mol. The van der Waals surface area contributed by atoms with Gasteiger partial charge in [0.2, 0.25) is 5.78 Å². The van der Waals surface area contributed by atoms with Crippen LogP contribution in [0.15, 0.2) is 152 Å². The Labute approximate surface area is 290 Å². The summed E-state index contributed by atoms with van der Waals surface area (Å²) in [5.74, 6) is 2.61. The molecule has 10 rings (SSSR count). The van der Waals surface area contributed by atoms with Gasteiger partial charge >= 0.3 is 0 Å². The summed E-state index contributed by atoms with van der Waals surface area (Å²) in [5.41, 5.74) is 9.39. The fraction of sp³-hybridized carbons (Fsp3) is 0. The van der Waals surface area contributed by atoms with Gasteiger partial charge < -0.3 is 0 Å². The van der Waals surface area contributed by atoms with Crippen LogP contribution in [0.3, 0.4) is 0 Å². The van der Waals surface area contributed by atoms with E-state index in [0.717, 1.165) is 72.1 Å². The number of hydrogen-bond acceptors (Lipinski definition) is 6. The topological polar surface area (TPSA) is 73.3 Å². The number of nitrogens with zero attached hydrogens (tertiary/aromatic N) is 7. The van der Waals surface area contributed by atoms with Gasteiger partial charge in [0.1, 0.15) is 4.64 Å². The zero-order chi connectivity index (χ0) is 33.2. The second-order valence-electron chi connectivity index (χ2n) is 12.2. The standard InChI is InChI=1S/C42H25N7S/c50-41-31-18-7-9-20-33(31)43-40-32-19-8-10-21-35(32)48-36-25-29(22-23-34(36)44-42(48)49(40)41)28-16-11-17-30(24-28)39-46-37(26-12-3-1-4-13-26)45-38(47-39)27-14-5-2-6-15-27/h1-25H. The number of imidazole rings is 1. The molecule has 7 nitrogen and oxygen atoms in total. The lowest BCUT2D eigenvalue weighted by Gasteiger charge is -2.12. The molecule has 0 aliphatic heterocycles. The van der Waals surface area contributed by atoms with Crippen molar-refractivity contribution in [3.05, 3.63) is 156 Å². The van der Waals surface area contributed by atoms with Gasteiger partial charge in [-0.1, -0.05) is 121 Å². The van der Waals surface area contributed by atoms with Crippen molar-refractivity contribution in [3.8, 4) is 45.3 Å². The summed E-state index contributed by atoms with van der Waals surface area (Å²) in [6.45, 7) is 0. The molecule has 10 aromatic rings. The minimum absolute atomic E-state index is 0.613. The van der Waals surface area contributed by atoms with Crippen molar-refractivity contribution in [2.75, 3.05) is 0 Å². The van der Waals surface area contributed by atoms with E-state index in [4.69, 9.17) is 37.1 Å². The predicted octanol–water partition coefficient (Wildman–Crippen LogP) is 10.0. The van der Waals surface area contributed by atoms with E-state index in [1.807, 2.05) is 101 Å². The third-order valence-electron chi connectivity index (χ3n) is 9.15. The molecule has 0 bridgehead atoms. The molecule has 8 heteroatoms. The van der Waals surface area contributed by atoms with Crippen LogP contribution in [0.2, 0.25) is 0 Å². The number of hydrogen-bond donors (Lipinski definition) is 0. The van der Waals surface area contributed by atoms with Gasteiger partial charge in [-0.05, 0) is 53.6 Å². The SMILES string of the molecule is S=c1c2ccccc2nc2c3ccccc3n3c4cc(-c5cccc(-c6nc(-c7ccccc7)nc(-c7ccccc7)n6)c5)ccc4nc3n12. The largest absolute Gasteiger partial charge is 0.277 e. The first-order valence-electron chi connectivity index (χ1n) is 16.3. The van der Waals surface area contributed by atoms with Gasteiger partial charge in [-0.15, -0.1) is 0 Å². The minimum Gasteiger partial charge on any atom is -0.277 e. The van der Waals surface area contributed by atoms with E-state index in [-0.39, 0.29) is 0 Å². The smallest absolute Gasteiger partial charge is 0.222 e. The van der Waals surface area contributed by atoms with Gasteiger partial charge in [0.25, 0.3) is 0 Å². The van der Waals surface area contributed by atoms with Crippen molar-refractivity contribution in [2.45, 2.75) is 0 Å². The van der Waals surface area contributed by atoms with E-state index in [2.05, 4.69) is 59.0 Å². The highest BCUT2D eigenvalue weighted by Crippen LogP contribution is 2.33. The molecule has 0 aliphatic rings. The Morgan fingerprint density at radius 3 is 1.70 bits per heavy atom. The third kappa shape index (κ3) is 4.50. The Kier molecular flexibility index (Phi) is 6.37. The van der Waals surface area contributed by atoms with Crippen molar-refractivity contribution in [1.29, 1.82) is 0 Å². The fourth-order valence-electron chi connectivity index (χ4n) is 6.76. The Balaban J connectivity index is 1.17. The molecule has 234 valence electrons. The molecule has 0 aliphatic carbocycles. The molecule has 0 saturated heterocycles. The highest BCUT2D eigenvalue weighted by molar-refractivity contribution is 7.71. The van der Waals surface area contributed by atoms with Crippen LogP contribution in [-0.4, -0.2) is 33.7 Å². The third-order valence-corrected chi connectivity index (χ3v) is 9.55. The summed E-state index contributed by atoms with van der Waals surface area (Å²) < 4.78 is 4.89. The average Bonchev–Trinajstić information content (AvgIpc) is 3.57. The maximum atomic E-state index is 6.09. The van der Waals surface area contributed by atoms with Gasteiger partial charge in [0, 0.05) is 27.5 Å². The molecule has 0 saturated carbocycles. The molecule has 0 unspecified atom stereocenters. The Bertz CT molecular complexity index is 2950. The van der Waals surface area contributed by atoms with E-state index >= 15 is 0 Å².